The lowest BCUT2D eigenvalue weighted by Crippen LogP contribution is -2.32. The summed E-state index contributed by atoms with van der Waals surface area (Å²) in [5, 5.41) is 0. The maximum absolute atomic E-state index is 14.6. The van der Waals surface area contributed by atoms with Gasteiger partial charge in [-0.25, -0.2) is 4.39 Å². The van der Waals surface area contributed by atoms with Crippen molar-refractivity contribution in [2.45, 2.75) is 63.5 Å². The lowest BCUT2D eigenvalue weighted by Gasteiger charge is -2.38. The molecule has 3 atom stereocenters. The quantitative estimate of drug-likeness (QED) is 0.749. The van der Waals surface area contributed by atoms with E-state index in [1.54, 1.807) is 0 Å². The summed E-state index contributed by atoms with van der Waals surface area (Å²) < 4.78 is 14.6. The summed E-state index contributed by atoms with van der Waals surface area (Å²) in [7, 11) is 0. The van der Waals surface area contributed by atoms with E-state index in [0.717, 1.165) is 18.5 Å². The summed E-state index contributed by atoms with van der Waals surface area (Å²) in [6, 6.07) is 8.03. The number of rotatable bonds is 2. The van der Waals surface area contributed by atoms with Gasteiger partial charge < -0.3 is 5.73 Å². The van der Waals surface area contributed by atoms with Crippen LogP contribution >= 0.6 is 0 Å². The Hall–Kier alpha value is -1.05. The first-order valence-electron chi connectivity index (χ1n) is 8.23. The number of hydrogen-bond donors (Lipinski definition) is 1. The van der Waals surface area contributed by atoms with Crippen LogP contribution in [0, 0.1) is 11.8 Å². The van der Waals surface area contributed by atoms with Crippen molar-refractivity contribution in [1.29, 1.82) is 0 Å². The second-order valence-electron chi connectivity index (χ2n) is 6.75. The highest BCUT2D eigenvalue weighted by atomic mass is 19.1. The standard InChI is InChI=1S/C18H26FN/c19-18-12-15(13-6-9-16(20)10-7-13)8-11-17(18)14-4-2-1-3-5-14/h6-7,9-10,14-15,17-18H,1-5,8,11-12,20H2. The molecular formula is C18H26FN. The molecule has 0 spiro atoms. The van der Waals surface area contributed by atoms with E-state index in [0.29, 0.717) is 24.2 Å². The molecule has 1 aromatic rings. The summed E-state index contributed by atoms with van der Waals surface area (Å²) in [4.78, 5) is 0. The van der Waals surface area contributed by atoms with Crippen LogP contribution in [0.5, 0.6) is 0 Å². The zero-order valence-corrected chi connectivity index (χ0v) is 12.2. The molecule has 0 aliphatic heterocycles. The van der Waals surface area contributed by atoms with E-state index in [4.69, 9.17) is 5.73 Å². The number of benzene rings is 1. The van der Waals surface area contributed by atoms with Crippen LogP contribution in [0.15, 0.2) is 24.3 Å². The van der Waals surface area contributed by atoms with Crippen molar-refractivity contribution in [1.82, 2.24) is 0 Å². The van der Waals surface area contributed by atoms with E-state index in [1.165, 1.54) is 37.7 Å². The molecule has 0 amide bonds. The molecule has 0 saturated heterocycles. The minimum atomic E-state index is -0.602. The second kappa shape index (κ2) is 6.15. The second-order valence-corrected chi connectivity index (χ2v) is 6.75. The van der Waals surface area contributed by atoms with E-state index < -0.39 is 6.17 Å². The van der Waals surface area contributed by atoms with Gasteiger partial charge in [0, 0.05) is 5.69 Å². The van der Waals surface area contributed by atoms with Crippen molar-refractivity contribution in [3.05, 3.63) is 29.8 Å². The van der Waals surface area contributed by atoms with Crippen LogP contribution in [0.1, 0.15) is 62.8 Å². The first-order chi connectivity index (χ1) is 9.74. The third-order valence-corrected chi connectivity index (χ3v) is 5.49. The van der Waals surface area contributed by atoms with Gasteiger partial charge in [0.15, 0.2) is 0 Å². The number of alkyl halides is 1. The Kier molecular flexibility index (Phi) is 4.28. The van der Waals surface area contributed by atoms with E-state index in [-0.39, 0.29) is 0 Å². The first kappa shape index (κ1) is 13.9. The third-order valence-electron chi connectivity index (χ3n) is 5.49. The Morgan fingerprint density at radius 3 is 2.25 bits per heavy atom. The molecule has 110 valence electrons. The van der Waals surface area contributed by atoms with Crippen LogP contribution in [-0.4, -0.2) is 6.17 Å². The average molecular weight is 275 g/mol. The molecule has 2 N–H and O–H groups in total. The number of halogens is 1. The molecule has 0 radical (unpaired) electrons. The predicted molar refractivity (Wildman–Crippen MR) is 82.4 cm³/mol. The maximum atomic E-state index is 14.6. The molecule has 2 saturated carbocycles. The predicted octanol–water partition coefficient (Wildman–Crippen LogP) is 5.07. The molecule has 20 heavy (non-hydrogen) atoms. The van der Waals surface area contributed by atoms with Crippen molar-refractivity contribution < 1.29 is 4.39 Å². The highest BCUT2D eigenvalue weighted by Crippen LogP contribution is 2.44. The van der Waals surface area contributed by atoms with Crippen LogP contribution in [-0.2, 0) is 0 Å². The van der Waals surface area contributed by atoms with Gasteiger partial charge in [0.05, 0.1) is 0 Å². The molecule has 1 nitrogen and oxygen atoms in total. The minimum Gasteiger partial charge on any atom is -0.399 e. The van der Waals surface area contributed by atoms with E-state index in [1.807, 2.05) is 12.1 Å². The smallest absolute Gasteiger partial charge is 0.104 e. The first-order valence-corrected chi connectivity index (χ1v) is 8.23. The van der Waals surface area contributed by atoms with E-state index in [9.17, 15) is 4.39 Å². The minimum absolute atomic E-state index is 0.334. The number of anilines is 1. The molecular weight excluding hydrogens is 249 g/mol. The van der Waals surface area contributed by atoms with Crippen LogP contribution < -0.4 is 5.73 Å². The monoisotopic (exact) mass is 275 g/mol. The number of nitrogens with two attached hydrogens (primary N) is 1. The van der Waals surface area contributed by atoms with Crippen LogP contribution in [0.3, 0.4) is 0 Å². The molecule has 2 fully saturated rings. The molecule has 1 aromatic carbocycles. The van der Waals surface area contributed by atoms with Crippen molar-refractivity contribution in [3.63, 3.8) is 0 Å². The van der Waals surface area contributed by atoms with Gasteiger partial charge in [-0.15, -0.1) is 0 Å². The van der Waals surface area contributed by atoms with Gasteiger partial charge >= 0.3 is 0 Å². The van der Waals surface area contributed by atoms with Crippen LogP contribution in [0.25, 0.3) is 0 Å². The highest BCUT2D eigenvalue weighted by molar-refractivity contribution is 5.40. The van der Waals surface area contributed by atoms with Gasteiger partial charge in [0.25, 0.3) is 0 Å². The zero-order chi connectivity index (χ0) is 13.9. The molecule has 2 aliphatic rings. The fraction of sp³-hybridized carbons (Fsp3) is 0.667. The molecule has 3 rings (SSSR count). The molecule has 0 aromatic heterocycles. The lowest BCUT2D eigenvalue weighted by atomic mass is 9.69. The van der Waals surface area contributed by atoms with Gasteiger partial charge in [0.2, 0.25) is 0 Å². The molecule has 0 heterocycles. The summed E-state index contributed by atoms with van der Waals surface area (Å²) in [5.74, 6) is 1.39. The van der Waals surface area contributed by atoms with Crippen molar-refractivity contribution in [3.8, 4) is 0 Å². The highest BCUT2D eigenvalue weighted by Gasteiger charge is 2.36. The molecule has 2 heteroatoms. The molecule has 0 bridgehead atoms. The Balaban J connectivity index is 1.62. The van der Waals surface area contributed by atoms with Crippen LogP contribution in [0.2, 0.25) is 0 Å². The fourth-order valence-electron chi connectivity index (χ4n) is 4.30. The SMILES string of the molecule is Nc1ccc(C2CCC(C3CCCCC3)C(F)C2)cc1. The summed E-state index contributed by atoms with van der Waals surface area (Å²) in [5.41, 5.74) is 7.79. The number of hydrogen-bond acceptors (Lipinski definition) is 1. The van der Waals surface area contributed by atoms with Gasteiger partial charge in [-0.1, -0.05) is 44.2 Å². The van der Waals surface area contributed by atoms with Crippen molar-refractivity contribution in [2.75, 3.05) is 5.73 Å². The molecule has 2 aliphatic carbocycles. The van der Waals surface area contributed by atoms with Gasteiger partial charge in [-0.2, -0.15) is 0 Å². The normalized spacial score (nSPS) is 32.1. The Morgan fingerprint density at radius 2 is 1.60 bits per heavy atom. The largest absolute Gasteiger partial charge is 0.399 e. The van der Waals surface area contributed by atoms with Crippen molar-refractivity contribution >= 4 is 5.69 Å². The van der Waals surface area contributed by atoms with E-state index >= 15 is 0 Å². The fourth-order valence-corrected chi connectivity index (χ4v) is 4.30. The molecule has 3 unspecified atom stereocenters. The summed E-state index contributed by atoms with van der Waals surface area (Å²) >= 11 is 0. The van der Waals surface area contributed by atoms with Gasteiger partial charge in [-0.05, 0) is 54.7 Å². The van der Waals surface area contributed by atoms with Gasteiger partial charge in [-0.3, -0.25) is 0 Å². The zero-order valence-electron chi connectivity index (χ0n) is 12.2. The average Bonchev–Trinajstić information content (AvgIpc) is 2.49. The summed E-state index contributed by atoms with van der Waals surface area (Å²) in [6.45, 7) is 0. The van der Waals surface area contributed by atoms with Crippen LogP contribution in [0.4, 0.5) is 10.1 Å². The van der Waals surface area contributed by atoms with E-state index in [2.05, 4.69) is 12.1 Å². The number of nitrogen functional groups attached to an aromatic ring is 1. The third kappa shape index (κ3) is 2.99. The van der Waals surface area contributed by atoms with Gasteiger partial charge in [0.1, 0.15) is 6.17 Å². The van der Waals surface area contributed by atoms with Crippen molar-refractivity contribution in [2.24, 2.45) is 11.8 Å². The Morgan fingerprint density at radius 1 is 0.900 bits per heavy atom. The maximum Gasteiger partial charge on any atom is 0.104 e. The topological polar surface area (TPSA) is 26.0 Å². The lowest BCUT2D eigenvalue weighted by molar-refractivity contribution is 0.0828. The Bertz CT molecular complexity index is 422. The Labute approximate surface area is 121 Å². The summed E-state index contributed by atoms with van der Waals surface area (Å²) in [6.07, 6.45) is 8.83.